The number of hydrogen-bond acceptors (Lipinski definition) is 2. The molecule has 0 spiro atoms. The SMILES string of the molecule is C=C[C@@]1(c2ccccc2)CCN1S(=O)(=O)c1ccc(C)cc1. The van der Waals surface area contributed by atoms with Gasteiger partial charge in [-0.2, -0.15) is 4.31 Å². The molecular formula is C18H19NO2S. The van der Waals surface area contributed by atoms with Gasteiger partial charge in [0, 0.05) is 6.54 Å². The lowest BCUT2D eigenvalue weighted by Gasteiger charge is -2.50. The van der Waals surface area contributed by atoms with E-state index in [1.165, 1.54) is 0 Å². The predicted octanol–water partition coefficient (Wildman–Crippen LogP) is 3.47. The number of nitrogens with zero attached hydrogens (tertiary/aromatic N) is 1. The van der Waals surface area contributed by atoms with Crippen LogP contribution in [0.1, 0.15) is 17.5 Å². The molecule has 114 valence electrons. The summed E-state index contributed by atoms with van der Waals surface area (Å²) in [5.74, 6) is 0. The molecule has 1 heterocycles. The highest BCUT2D eigenvalue weighted by molar-refractivity contribution is 7.89. The first kappa shape index (κ1) is 15.0. The molecule has 4 heteroatoms. The van der Waals surface area contributed by atoms with E-state index in [0.29, 0.717) is 11.4 Å². The van der Waals surface area contributed by atoms with Crippen molar-refractivity contribution in [2.24, 2.45) is 0 Å². The number of sulfonamides is 1. The van der Waals surface area contributed by atoms with E-state index in [1.54, 1.807) is 22.5 Å². The van der Waals surface area contributed by atoms with E-state index in [0.717, 1.165) is 17.5 Å². The second-order valence-electron chi connectivity index (χ2n) is 5.63. The number of rotatable bonds is 4. The molecule has 2 aromatic carbocycles. The summed E-state index contributed by atoms with van der Waals surface area (Å²) >= 11 is 0. The summed E-state index contributed by atoms with van der Waals surface area (Å²) < 4.78 is 27.5. The first-order chi connectivity index (χ1) is 10.5. The largest absolute Gasteiger partial charge is 0.244 e. The van der Waals surface area contributed by atoms with Crippen molar-refractivity contribution in [3.63, 3.8) is 0 Å². The molecule has 1 fully saturated rings. The van der Waals surface area contributed by atoms with Crippen LogP contribution in [0.25, 0.3) is 0 Å². The monoisotopic (exact) mass is 313 g/mol. The smallest absolute Gasteiger partial charge is 0.207 e. The summed E-state index contributed by atoms with van der Waals surface area (Å²) in [7, 11) is -3.52. The maximum atomic E-state index is 13.0. The summed E-state index contributed by atoms with van der Waals surface area (Å²) in [5, 5.41) is 0. The van der Waals surface area contributed by atoms with Crippen molar-refractivity contribution < 1.29 is 8.42 Å². The second-order valence-corrected chi connectivity index (χ2v) is 7.50. The Hall–Kier alpha value is -1.91. The van der Waals surface area contributed by atoms with E-state index in [2.05, 4.69) is 6.58 Å². The topological polar surface area (TPSA) is 37.4 Å². The highest BCUT2D eigenvalue weighted by Gasteiger charge is 2.50. The minimum Gasteiger partial charge on any atom is -0.207 e. The summed E-state index contributed by atoms with van der Waals surface area (Å²) in [6.45, 7) is 6.35. The van der Waals surface area contributed by atoms with Crippen LogP contribution in [-0.4, -0.2) is 19.3 Å². The van der Waals surface area contributed by atoms with Gasteiger partial charge in [0.2, 0.25) is 10.0 Å². The van der Waals surface area contributed by atoms with Gasteiger partial charge < -0.3 is 0 Å². The molecule has 0 N–H and O–H groups in total. The maximum absolute atomic E-state index is 13.0. The van der Waals surface area contributed by atoms with Crippen molar-refractivity contribution in [2.75, 3.05) is 6.54 Å². The standard InChI is InChI=1S/C18H19NO2S/c1-3-18(16-7-5-4-6-8-16)13-14-19(18)22(20,21)17-11-9-15(2)10-12-17/h3-12H,1,13-14H2,2H3/t18-/m0/s1. The molecule has 0 radical (unpaired) electrons. The van der Waals surface area contributed by atoms with Crippen molar-refractivity contribution in [3.8, 4) is 0 Å². The summed E-state index contributed by atoms with van der Waals surface area (Å²) in [6, 6.07) is 16.7. The van der Waals surface area contributed by atoms with Crippen LogP contribution < -0.4 is 0 Å². The third-order valence-corrected chi connectivity index (χ3v) is 6.32. The average molecular weight is 313 g/mol. The Labute approximate surface area is 132 Å². The number of aryl methyl sites for hydroxylation is 1. The van der Waals surface area contributed by atoms with E-state index in [4.69, 9.17) is 0 Å². The van der Waals surface area contributed by atoms with Crippen LogP contribution in [0.3, 0.4) is 0 Å². The Morgan fingerprint density at radius 2 is 1.73 bits per heavy atom. The molecule has 3 nitrogen and oxygen atoms in total. The Kier molecular flexibility index (Phi) is 3.67. The van der Waals surface area contributed by atoms with Crippen LogP contribution in [0.5, 0.6) is 0 Å². The molecule has 0 aromatic heterocycles. The van der Waals surface area contributed by atoms with Gasteiger partial charge in [-0.25, -0.2) is 8.42 Å². The lowest BCUT2D eigenvalue weighted by atomic mass is 9.81. The van der Waals surface area contributed by atoms with Gasteiger partial charge in [-0.1, -0.05) is 54.1 Å². The van der Waals surface area contributed by atoms with Crippen molar-refractivity contribution in [1.29, 1.82) is 0 Å². The van der Waals surface area contributed by atoms with Crippen LogP contribution in [0, 0.1) is 6.92 Å². The fraction of sp³-hybridized carbons (Fsp3) is 0.222. The molecule has 0 unspecified atom stereocenters. The molecule has 1 saturated heterocycles. The van der Waals surface area contributed by atoms with Gasteiger partial charge in [-0.15, -0.1) is 6.58 Å². The van der Waals surface area contributed by atoms with Crippen LogP contribution >= 0.6 is 0 Å². The Balaban J connectivity index is 2.04. The lowest BCUT2D eigenvalue weighted by molar-refractivity contribution is 0.120. The van der Waals surface area contributed by atoms with E-state index >= 15 is 0 Å². The minimum atomic E-state index is -3.52. The van der Waals surface area contributed by atoms with Crippen LogP contribution in [0.15, 0.2) is 72.1 Å². The van der Waals surface area contributed by atoms with Gasteiger partial charge in [0.1, 0.15) is 0 Å². The molecule has 0 amide bonds. The highest BCUT2D eigenvalue weighted by Crippen LogP contribution is 2.45. The highest BCUT2D eigenvalue weighted by atomic mass is 32.2. The van der Waals surface area contributed by atoms with Crippen LogP contribution in [-0.2, 0) is 15.6 Å². The zero-order valence-corrected chi connectivity index (χ0v) is 13.4. The third kappa shape index (κ3) is 2.19. The van der Waals surface area contributed by atoms with Crippen LogP contribution in [0.4, 0.5) is 0 Å². The molecule has 3 rings (SSSR count). The normalized spacial score (nSPS) is 22.0. The van der Waals surface area contributed by atoms with Crippen LogP contribution in [0.2, 0.25) is 0 Å². The summed E-state index contributed by atoms with van der Waals surface area (Å²) in [6.07, 6.45) is 2.50. The zero-order chi connectivity index (χ0) is 15.8. The average Bonchev–Trinajstić information content (AvgIpc) is 2.48. The number of benzene rings is 2. The molecule has 0 bridgehead atoms. The van der Waals surface area contributed by atoms with E-state index in [9.17, 15) is 8.42 Å². The fourth-order valence-electron chi connectivity index (χ4n) is 2.95. The lowest BCUT2D eigenvalue weighted by Crippen LogP contribution is -2.58. The van der Waals surface area contributed by atoms with Gasteiger partial charge in [0.25, 0.3) is 0 Å². The minimum absolute atomic E-state index is 0.333. The van der Waals surface area contributed by atoms with E-state index < -0.39 is 15.6 Å². The molecule has 0 saturated carbocycles. The van der Waals surface area contributed by atoms with Crippen molar-refractivity contribution in [3.05, 3.63) is 78.4 Å². The Morgan fingerprint density at radius 3 is 2.23 bits per heavy atom. The molecule has 1 aliphatic heterocycles. The molecule has 2 aromatic rings. The Bertz CT molecular complexity index is 782. The van der Waals surface area contributed by atoms with Gasteiger partial charge in [-0.05, 0) is 31.0 Å². The fourth-order valence-corrected chi connectivity index (χ4v) is 4.72. The van der Waals surface area contributed by atoms with Crippen molar-refractivity contribution in [1.82, 2.24) is 4.31 Å². The first-order valence-electron chi connectivity index (χ1n) is 7.29. The van der Waals surface area contributed by atoms with Gasteiger partial charge in [0.05, 0.1) is 10.4 Å². The van der Waals surface area contributed by atoms with Gasteiger partial charge in [-0.3, -0.25) is 0 Å². The van der Waals surface area contributed by atoms with Gasteiger partial charge in [0.15, 0.2) is 0 Å². The Morgan fingerprint density at radius 1 is 1.09 bits per heavy atom. The molecule has 1 atom stereocenters. The molecule has 1 aliphatic rings. The predicted molar refractivity (Wildman–Crippen MR) is 88.0 cm³/mol. The quantitative estimate of drug-likeness (QED) is 0.811. The van der Waals surface area contributed by atoms with Crippen molar-refractivity contribution >= 4 is 10.0 Å². The molecule has 0 aliphatic carbocycles. The molecule has 22 heavy (non-hydrogen) atoms. The second kappa shape index (κ2) is 5.38. The van der Waals surface area contributed by atoms with E-state index in [1.807, 2.05) is 49.4 Å². The summed E-state index contributed by atoms with van der Waals surface area (Å²) in [4.78, 5) is 0.333. The number of hydrogen-bond donors (Lipinski definition) is 0. The first-order valence-corrected chi connectivity index (χ1v) is 8.73. The maximum Gasteiger partial charge on any atom is 0.244 e. The molecular weight excluding hydrogens is 294 g/mol. The zero-order valence-electron chi connectivity index (χ0n) is 12.6. The van der Waals surface area contributed by atoms with Crippen molar-refractivity contribution in [2.45, 2.75) is 23.8 Å². The summed E-state index contributed by atoms with van der Waals surface area (Å²) in [5.41, 5.74) is 1.37. The van der Waals surface area contributed by atoms with E-state index in [-0.39, 0.29) is 0 Å². The van der Waals surface area contributed by atoms with Gasteiger partial charge >= 0.3 is 0 Å². The third-order valence-electron chi connectivity index (χ3n) is 4.36.